The second-order valence-electron chi connectivity index (χ2n) is 4.59. The van der Waals surface area contributed by atoms with E-state index in [0.717, 1.165) is 6.08 Å². The summed E-state index contributed by atoms with van der Waals surface area (Å²) in [4.78, 5) is 22.8. The number of carboxylic acids is 1. The van der Waals surface area contributed by atoms with Gasteiger partial charge in [0.15, 0.2) is 5.78 Å². The second-order valence-corrected chi connectivity index (χ2v) is 5.03. The van der Waals surface area contributed by atoms with Crippen LogP contribution >= 0.6 is 11.6 Å². The van der Waals surface area contributed by atoms with E-state index in [1.54, 1.807) is 36.4 Å². The largest absolute Gasteiger partial charge is 0.507 e. The molecule has 22 heavy (non-hydrogen) atoms. The van der Waals surface area contributed by atoms with Gasteiger partial charge in [0.1, 0.15) is 5.75 Å². The van der Waals surface area contributed by atoms with Crippen LogP contribution in [0.15, 0.2) is 54.6 Å². The van der Waals surface area contributed by atoms with Gasteiger partial charge in [-0.3, -0.25) is 4.79 Å². The Morgan fingerprint density at radius 3 is 2.41 bits per heavy atom. The van der Waals surface area contributed by atoms with E-state index in [1.807, 2.05) is 0 Å². The quantitative estimate of drug-likeness (QED) is 0.654. The van der Waals surface area contributed by atoms with Crippen molar-refractivity contribution < 1.29 is 19.8 Å². The fraction of sp³-hybridized carbons (Fsp3) is 0.0588. The molecule has 112 valence electrons. The van der Waals surface area contributed by atoms with Crippen molar-refractivity contribution in [3.8, 4) is 5.75 Å². The summed E-state index contributed by atoms with van der Waals surface area (Å²) in [6.45, 7) is 0. The molecule has 0 aliphatic heterocycles. The van der Waals surface area contributed by atoms with E-state index in [-0.39, 0.29) is 23.5 Å². The molecule has 2 rings (SSSR count). The Morgan fingerprint density at radius 2 is 1.77 bits per heavy atom. The first kappa shape index (κ1) is 15.8. The highest BCUT2D eigenvalue weighted by Crippen LogP contribution is 2.26. The summed E-state index contributed by atoms with van der Waals surface area (Å²) in [7, 11) is 0. The molecule has 0 amide bonds. The van der Waals surface area contributed by atoms with Crippen LogP contribution < -0.4 is 0 Å². The zero-order chi connectivity index (χ0) is 16.1. The fourth-order valence-corrected chi connectivity index (χ4v) is 2.11. The number of para-hydroxylation sites is 1. The fourth-order valence-electron chi connectivity index (χ4n) is 1.98. The van der Waals surface area contributed by atoms with Gasteiger partial charge in [-0.1, -0.05) is 29.8 Å². The molecule has 0 fully saturated rings. The van der Waals surface area contributed by atoms with Crippen molar-refractivity contribution in [3.63, 3.8) is 0 Å². The zero-order valence-electron chi connectivity index (χ0n) is 11.5. The molecule has 0 aliphatic rings. The minimum absolute atomic E-state index is 0.141. The third-order valence-electron chi connectivity index (χ3n) is 3.07. The van der Waals surface area contributed by atoms with Gasteiger partial charge < -0.3 is 10.2 Å². The Labute approximate surface area is 132 Å². The molecule has 2 aromatic carbocycles. The molecular formula is C17H13ClO4. The molecule has 0 aromatic heterocycles. The van der Waals surface area contributed by atoms with Crippen LogP contribution in [0.5, 0.6) is 5.75 Å². The van der Waals surface area contributed by atoms with E-state index in [4.69, 9.17) is 16.7 Å². The summed E-state index contributed by atoms with van der Waals surface area (Å²) >= 11 is 5.79. The van der Waals surface area contributed by atoms with Crippen molar-refractivity contribution in [2.75, 3.05) is 0 Å². The molecule has 0 heterocycles. The highest BCUT2D eigenvalue weighted by atomic mass is 35.5. The van der Waals surface area contributed by atoms with E-state index >= 15 is 0 Å². The number of halogens is 1. The maximum absolute atomic E-state index is 12.4. The molecule has 0 saturated carbocycles. The Kier molecular flexibility index (Phi) is 4.96. The summed E-state index contributed by atoms with van der Waals surface area (Å²) in [5.74, 6) is -1.52. The van der Waals surface area contributed by atoms with Crippen LogP contribution in [0, 0.1) is 0 Å². The molecule has 5 heteroatoms. The lowest BCUT2D eigenvalue weighted by Gasteiger charge is -2.08. The van der Waals surface area contributed by atoms with Crippen LogP contribution in [-0.2, 0) is 11.2 Å². The molecule has 2 N–H and O–H groups in total. The monoisotopic (exact) mass is 316 g/mol. The average molecular weight is 317 g/mol. The van der Waals surface area contributed by atoms with Crippen LogP contribution in [0.4, 0.5) is 0 Å². The number of benzene rings is 2. The van der Waals surface area contributed by atoms with Crippen LogP contribution in [0.25, 0.3) is 0 Å². The van der Waals surface area contributed by atoms with Crippen LogP contribution in [0.3, 0.4) is 0 Å². The number of allylic oxidation sites excluding steroid dienone is 1. The topological polar surface area (TPSA) is 74.6 Å². The number of rotatable bonds is 5. The lowest BCUT2D eigenvalue weighted by Crippen LogP contribution is -2.02. The number of ketones is 1. The number of hydrogen-bond acceptors (Lipinski definition) is 3. The van der Waals surface area contributed by atoms with E-state index < -0.39 is 5.97 Å². The number of aromatic hydroxyl groups is 1. The Hall–Kier alpha value is -2.59. The number of carbonyl (C=O) groups is 2. The van der Waals surface area contributed by atoms with Crippen LogP contribution in [-0.4, -0.2) is 22.0 Å². The molecule has 0 unspecified atom stereocenters. The summed E-state index contributed by atoms with van der Waals surface area (Å²) in [6.07, 6.45) is 2.63. The van der Waals surface area contributed by atoms with Crippen molar-refractivity contribution in [2.24, 2.45) is 0 Å². The van der Waals surface area contributed by atoms with Gasteiger partial charge in [-0.15, -0.1) is 0 Å². The number of hydrogen-bond donors (Lipinski definition) is 2. The molecule has 4 nitrogen and oxygen atoms in total. The van der Waals surface area contributed by atoms with Gasteiger partial charge in [-0.05, 0) is 42.3 Å². The minimum Gasteiger partial charge on any atom is -0.507 e. The van der Waals surface area contributed by atoms with Gasteiger partial charge in [-0.25, -0.2) is 4.79 Å². The normalized spacial score (nSPS) is 10.8. The third kappa shape index (κ3) is 3.74. The second kappa shape index (κ2) is 6.91. The summed E-state index contributed by atoms with van der Waals surface area (Å²) < 4.78 is 0. The first-order valence-electron chi connectivity index (χ1n) is 6.49. The van der Waals surface area contributed by atoms with Gasteiger partial charge in [0.05, 0.1) is 5.56 Å². The Balaban J connectivity index is 2.30. The molecule has 0 saturated heterocycles. The van der Waals surface area contributed by atoms with E-state index in [9.17, 15) is 14.7 Å². The van der Waals surface area contributed by atoms with Crippen LogP contribution in [0.1, 0.15) is 21.5 Å². The molecular weight excluding hydrogens is 304 g/mol. The molecule has 0 radical (unpaired) electrons. The van der Waals surface area contributed by atoms with Gasteiger partial charge in [-0.2, -0.15) is 0 Å². The predicted molar refractivity (Wildman–Crippen MR) is 83.5 cm³/mol. The number of aliphatic carboxylic acids is 1. The van der Waals surface area contributed by atoms with Crippen molar-refractivity contribution >= 4 is 23.4 Å². The molecule has 0 bridgehead atoms. The third-order valence-corrected chi connectivity index (χ3v) is 3.32. The van der Waals surface area contributed by atoms with Gasteiger partial charge >= 0.3 is 5.97 Å². The number of phenolic OH excluding ortho intramolecular Hbond substituents is 1. The molecule has 0 aliphatic carbocycles. The average Bonchev–Trinajstić information content (AvgIpc) is 2.49. The highest BCUT2D eigenvalue weighted by molar-refractivity contribution is 6.30. The maximum atomic E-state index is 12.4. The lowest BCUT2D eigenvalue weighted by atomic mass is 9.98. The SMILES string of the molecule is O=C(O)C=CCc1cccc(C(=O)c2ccc(Cl)cc2)c1O. The summed E-state index contributed by atoms with van der Waals surface area (Å²) in [5, 5.41) is 19.3. The van der Waals surface area contributed by atoms with Crippen LogP contribution in [0.2, 0.25) is 5.02 Å². The van der Waals surface area contributed by atoms with E-state index in [0.29, 0.717) is 16.1 Å². The van der Waals surface area contributed by atoms with Gasteiger partial charge in [0.25, 0.3) is 0 Å². The maximum Gasteiger partial charge on any atom is 0.327 e. The molecule has 2 aromatic rings. The standard InChI is InChI=1S/C17H13ClO4/c18-13-9-7-12(8-10-13)17(22)14-5-1-3-11(16(14)21)4-2-6-15(19)20/h1-3,5-10,21H,4H2,(H,19,20). The Morgan fingerprint density at radius 1 is 1.09 bits per heavy atom. The Bertz CT molecular complexity index is 733. The van der Waals surface area contributed by atoms with E-state index in [2.05, 4.69) is 0 Å². The minimum atomic E-state index is -1.06. The van der Waals surface area contributed by atoms with E-state index in [1.165, 1.54) is 12.1 Å². The van der Waals surface area contributed by atoms with Crippen molar-refractivity contribution in [1.29, 1.82) is 0 Å². The number of carboxylic acid groups (broad SMARTS) is 1. The lowest BCUT2D eigenvalue weighted by molar-refractivity contribution is -0.131. The van der Waals surface area contributed by atoms with Gasteiger partial charge in [0.2, 0.25) is 0 Å². The zero-order valence-corrected chi connectivity index (χ0v) is 12.2. The summed E-state index contributed by atoms with van der Waals surface area (Å²) in [5.41, 5.74) is 1.07. The number of carbonyl (C=O) groups excluding carboxylic acids is 1. The molecule has 0 atom stereocenters. The molecule has 0 spiro atoms. The first-order valence-corrected chi connectivity index (χ1v) is 6.87. The first-order chi connectivity index (χ1) is 10.5. The van der Waals surface area contributed by atoms with Crippen molar-refractivity contribution in [2.45, 2.75) is 6.42 Å². The van der Waals surface area contributed by atoms with Crippen molar-refractivity contribution in [1.82, 2.24) is 0 Å². The summed E-state index contributed by atoms with van der Waals surface area (Å²) in [6, 6.07) is 11.2. The van der Waals surface area contributed by atoms with Gasteiger partial charge in [0, 0.05) is 16.7 Å². The smallest absolute Gasteiger partial charge is 0.327 e. The van der Waals surface area contributed by atoms with Crippen molar-refractivity contribution in [3.05, 3.63) is 76.3 Å². The number of phenols is 1. The predicted octanol–water partition coefficient (Wildman–Crippen LogP) is 3.46. The highest BCUT2D eigenvalue weighted by Gasteiger charge is 2.15.